The van der Waals surface area contributed by atoms with E-state index in [9.17, 15) is 14.4 Å². The summed E-state index contributed by atoms with van der Waals surface area (Å²) in [4.78, 5) is 38.9. The van der Waals surface area contributed by atoms with E-state index in [0.717, 1.165) is 29.7 Å². The Hall–Kier alpha value is -3.35. The van der Waals surface area contributed by atoms with Crippen molar-refractivity contribution < 1.29 is 23.9 Å². The Morgan fingerprint density at radius 3 is 2.39 bits per heavy atom. The van der Waals surface area contributed by atoms with Crippen LogP contribution in [0.4, 0.5) is 11.4 Å². The molecule has 31 heavy (non-hydrogen) atoms. The Bertz CT molecular complexity index is 950. The SMILES string of the molecule is CCc1cccc(CC)c1NC(=O)COC(=O)C1CC(=O)N(c2ccccc2OC)C1. The number of nitrogens with zero attached hydrogens (tertiary/aromatic N) is 1. The average Bonchev–Trinajstić information content (AvgIpc) is 3.18. The molecule has 1 saturated heterocycles. The Kier molecular flexibility index (Phi) is 7.28. The van der Waals surface area contributed by atoms with Gasteiger partial charge >= 0.3 is 5.97 Å². The molecule has 1 atom stereocenters. The van der Waals surface area contributed by atoms with Gasteiger partial charge in [-0.1, -0.05) is 44.2 Å². The Morgan fingerprint density at radius 2 is 1.74 bits per heavy atom. The molecular formula is C24H28N2O5. The van der Waals surface area contributed by atoms with Crippen LogP contribution in [0, 0.1) is 5.92 Å². The van der Waals surface area contributed by atoms with Crippen LogP contribution < -0.4 is 15.0 Å². The Labute approximate surface area is 182 Å². The largest absolute Gasteiger partial charge is 0.495 e. The number of methoxy groups -OCH3 is 1. The van der Waals surface area contributed by atoms with Gasteiger partial charge < -0.3 is 19.7 Å². The van der Waals surface area contributed by atoms with E-state index >= 15 is 0 Å². The van der Waals surface area contributed by atoms with E-state index in [4.69, 9.17) is 9.47 Å². The van der Waals surface area contributed by atoms with Crippen LogP contribution in [0.15, 0.2) is 42.5 Å². The van der Waals surface area contributed by atoms with Crippen LogP contribution in [0.3, 0.4) is 0 Å². The van der Waals surface area contributed by atoms with Crippen LogP contribution in [0.5, 0.6) is 5.75 Å². The van der Waals surface area contributed by atoms with E-state index in [1.54, 1.807) is 18.2 Å². The van der Waals surface area contributed by atoms with Gasteiger partial charge in [0, 0.05) is 18.7 Å². The number of ether oxygens (including phenoxy) is 2. The number of hydrogen-bond donors (Lipinski definition) is 1. The number of aryl methyl sites for hydroxylation is 2. The first-order valence-corrected chi connectivity index (χ1v) is 10.5. The number of carbonyl (C=O) groups is 3. The van der Waals surface area contributed by atoms with Gasteiger partial charge in [0.2, 0.25) is 5.91 Å². The summed E-state index contributed by atoms with van der Waals surface area (Å²) in [5.41, 5.74) is 3.47. The lowest BCUT2D eigenvalue weighted by molar-refractivity contribution is -0.151. The van der Waals surface area contributed by atoms with Gasteiger partial charge in [-0.05, 0) is 36.1 Å². The van der Waals surface area contributed by atoms with Crippen LogP contribution in [0.25, 0.3) is 0 Å². The molecule has 1 aliphatic rings. The number of hydrogen-bond acceptors (Lipinski definition) is 5. The molecule has 0 saturated carbocycles. The van der Waals surface area contributed by atoms with Gasteiger partial charge in [0.25, 0.3) is 5.91 Å². The quantitative estimate of drug-likeness (QED) is 0.657. The Balaban J connectivity index is 1.59. The first kappa shape index (κ1) is 22.3. The van der Waals surface area contributed by atoms with E-state index in [1.165, 1.54) is 12.0 Å². The van der Waals surface area contributed by atoms with Gasteiger partial charge in [0.05, 0.1) is 18.7 Å². The summed E-state index contributed by atoms with van der Waals surface area (Å²) in [5.74, 6) is -1.19. The van der Waals surface area contributed by atoms with Crippen LogP contribution in [0.1, 0.15) is 31.4 Å². The van der Waals surface area contributed by atoms with Crippen molar-refractivity contribution in [3.05, 3.63) is 53.6 Å². The second kappa shape index (κ2) is 10.1. The highest BCUT2D eigenvalue weighted by Crippen LogP contribution is 2.33. The van der Waals surface area contributed by atoms with E-state index < -0.39 is 17.8 Å². The molecule has 1 aliphatic heterocycles. The third kappa shape index (κ3) is 5.05. The van der Waals surface area contributed by atoms with Crippen LogP contribution in [0.2, 0.25) is 0 Å². The summed E-state index contributed by atoms with van der Waals surface area (Å²) in [6.07, 6.45) is 1.61. The van der Waals surface area contributed by atoms with Crippen LogP contribution in [-0.2, 0) is 32.0 Å². The highest BCUT2D eigenvalue weighted by atomic mass is 16.5. The van der Waals surface area contributed by atoms with E-state index in [2.05, 4.69) is 5.32 Å². The summed E-state index contributed by atoms with van der Waals surface area (Å²) < 4.78 is 10.5. The first-order chi connectivity index (χ1) is 15.0. The molecular weight excluding hydrogens is 396 g/mol. The van der Waals surface area contributed by atoms with Crippen molar-refractivity contribution in [1.82, 2.24) is 0 Å². The maximum Gasteiger partial charge on any atom is 0.311 e. The molecule has 3 rings (SSSR count). The fraction of sp³-hybridized carbons (Fsp3) is 0.375. The third-order valence-corrected chi connectivity index (χ3v) is 5.44. The monoisotopic (exact) mass is 424 g/mol. The smallest absolute Gasteiger partial charge is 0.311 e. The van der Waals surface area contributed by atoms with Crippen molar-refractivity contribution >= 4 is 29.2 Å². The second-order valence-electron chi connectivity index (χ2n) is 7.39. The van der Waals surface area contributed by atoms with Gasteiger partial charge in [0.1, 0.15) is 5.75 Å². The number of esters is 1. The third-order valence-electron chi connectivity index (χ3n) is 5.44. The fourth-order valence-electron chi connectivity index (χ4n) is 3.78. The molecule has 1 fully saturated rings. The molecule has 164 valence electrons. The molecule has 1 N–H and O–H groups in total. The minimum Gasteiger partial charge on any atom is -0.495 e. The van der Waals surface area contributed by atoms with Crippen molar-refractivity contribution in [2.45, 2.75) is 33.1 Å². The van der Waals surface area contributed by atoms with Gasteiger partial charge in [-0.3, -0.25) is 14.4 Å². The van der Waals surface area contributed by atoms with E-state index in [-0.39, 0.29) is 25.5 Å². The van der Waals surface area contributed by atoms with Crippen molar-refractivity contribution in [3.63, 3.8) is 0 Å². The molecule has 7 heteroatoms. The topological polar surface area (TPSA) is 84.9 Å². The standard InChI is InChI=1S/C24H28N2O5/c1-4-16-9-8-10-17(5-2)23(16)25-21(27)15-31-24(29)18-13-22(28)26(14-18)19-11-6-7-12-20(19)30-3/h6-12,18H,4-5,13-15H2,1-3H3,(H,25,27). The minimum atomic E-state index is -0.626. The molecule has 2 aromatic carbocycles. The number of para-hydroxylation sites is 3. The number of anilines is 2. The number of rotatable bonds is 8. The summed E-state index contributed by atoms with van der Waals surface area (Å²) in [6.45, 7) is 3.85. The molecule has 0 radical (unpaired) electrons. The molecule has 1 heterocycles. The van der Waals surface area contributed by atoms with Crippen molar-refractivity contribution in [1.29, 1.82) is 0 Å². The van der Waals surface area contributed by atoms with Gasteiger partial charge in [0.15, 0.2) is 6.61 Å². The van der Waals surface area contributed by atoms with Gasteiger partial charge in [-0.25, -0.2) is 0 Å². The predicted octanol–water partition coefficient (Wildman–Crippen LogP) is 3.35. The average molecular weight is 424 g/mol. The van der Waals surface area contributed by atoms with Crippen molar-refractivity contribution in [3.8, 4) is 5.75 Å². The number of nitrogens with one attached hydrogen (secondary N) is 1. The zero-order valence-electron chi connectivity index (χ0n) is 18.1. The van der Waals surface area contributed by atoms with Gasteiger partial charge in [-0.2, -0.15) is 0 Å². The molecule has 0 aromatic heterocycles. The van der Waals surface area contributed by atoms with Crippen molar-refractivity contribution in [2.24, 2.45) is 5.92 Å². The normalized spacial score (nSPS) is 15.6. The maximum atomic E-state index is 12.5. The minimum absolute atomic E-state index is 0.0388. The number of benzene rings is 2. The molecule has 2 aromatic rings. The second-order valence-corrected chi connectivity index (χ2v) is 7.39. The summed E-state index contributed by atoms with van der Waals surface area (Å²) in [7, 11) is 1.53. The lowest BCUT2D eigenvalue weighted by Gasteiger charge is -2.19. The lowest BCUT2D eigenvalue weighted by atomic mass is 10.0. The molecule has 1 unspecified atom stereocenters. The Morgan fingerprint density at radius 1 is 1.06 bits per heavy atom. The van der Waals surface area contributed by atoms with E-state index in [0.29, 0.717) is 11.4 Å². The van der Waals surface area contributed by atoms with Gasteiger partial charge in [-0.15, -0.1) is 0 Å². The maximum absolute atomic E-state index is 12.5. The molecule has 0 spiro atoms. The number of carbonyl (C=O) groups excluding carboxylic acids is 3. The summed E-state index contributed by atoms with van der Waals surface area (Å²) >= 11 is 0. The lowest BCUT2D eigenvalue weighted by Crippen LogP contribution is -2.28. The molecule has 7 nitrogen and oxygen atoms in total. The molecule has 0 bridgehead atoms. The molecule has 2 amide bonds. The first-order valence-electron chi connectivity index (χ1n) is 10.5. The van der Waals surface area contributed by atoms with Crippen LogP contribution in [-0.4, -0.2) is 38.0 Å². The van der Waals surface area contributed by atoms with Crippen molar-refractivity contribution in [2.75, 3.05) is 30.5 Å². The zero-order valence-corrected chi connectivity index (χ0v) is 18.1. The number of amides is 2. The highest BCUT2D eigenvalue weighted by Gasteiger charge is 2.37. The van der Waals surface area contributed by atoms with Crippen LogP contribution >= 0.6 is 0 Å². The fourth-order valence-corrected chi connectivity index (χ4v) is 3.78. The zero-order chi connectivity index (χ0) is 22.4. The van der Waals surface area contributed by atoms with E-state index in [1.807, 2.05) is 38.1 Å². The molecule has 0 aliphatic carbocycles. The summed E-state index contributed by atoms with van der Waals surface area (Å²) in [5, 5.41) is 2.88. The predicted molar refractivity (Wildman–Crippen MR) is 118 cm³/mol. The summed E-state index contributed by atoms with van der Waals surface area (Å²) in [6, 6.07) is 13.1. The highest BCUT2D eigenvalue weighted by molar-refractivity contribution is 6.01.